The molecule has 10 heteroatoms. The summed E-state index contributed by atoms with van der Waals surface area (Å²) in [5, 5.41) is 0.493. The van der Waals surface area contributed by atoms with E-state index >= 15 is 0 Å². The number of aromatic nitrogens is 1. The number of aryl methyl sites for hydroxylation is 2. The second kappa shape index (κ2) is 8.37. The van der Waals surface area contributed by atoms with E-state index in [-0.39, 0.29) is 25.7 Å². The number of halogens is 2. The first kappa shape index (κ1) is 21.7. The average molecular weight is 419 g/mol. The molecule has 1 aromatic heterocycles. The summed E-state index contributed by atoms with van der Waals surface area (Å²) in [5.74, 6) is -1.89. The number of hydrogen-bond donors (Lipinski definition) is 1. The molecule has 0 aromatic carbocycles. The number of hydrogen-bond acceptors (Lipinski definition) is 4. The number of hydroxylamine groups is 2. The van der Waals surface area contributed by atoms with Crippen LogP contribution in [0.15, 0.2) is 23.4 Å². The number of nitrogens with zero attached hydrogens (tertiary/aromatic N) is 2. The van der Waals surface area contributed by atoms with E-state index in [1.165, 1.54) is 0 Å². The molecule has 1 saturated heterocycles. The Morgan fingerprint density at radius 2 is 1.80 bits per heavy atom. The van der Waals surface area contributed by atoms with Gasteiger partial charge in [-0.3, -0.25) is 9.59 Å². The van der Waals surface area contributed by atoms with Gasteiger partial charge < -0.3 is 22.9 Å². The summed E-state index contributed by atoms with van der Waals surface area (Å²) in [6, 6.07) is 1.90. The number of aromatic amines is 1. The normalized spacial score (nSPS) is 18.6. The highest BCUT2D eigenvalue weighted by molar-refractivity contribution is 6.35. The molecular formula is C20H24BF2N3O4. The van der Waals surface area contributed by atoms with Crippen molar-refractivity contribution in [3.8, 4) is 0 Å². The Labute approximate surface area is 173 Å². The van der Waals surface area contributed by atoms with Crippen LogP contribution in [0.1, 0.15) is 56.5 Å². The van der Waals surface area contributed by atoms with E-state index in [2.05, 4.69) is 4.98 Å². The van der Waals surface area contributed by atoms with Gasteiger partial charge in [0.1, 0.15) is 5.71 Å². The van der Waals surface area contributed by atoms with Crippen molar-refractivity contribution in [1.29, 1.82) is 0 Å². The molecule has 0 unspecified atom stereocenters. The number of carbonyl (C=O) groups is 3. The molecular weight excluding hydrogens is 395 g/mol. The SMILES string of the molecule is CC1=CC(C)=[N+]([BH-](F)F)/C1=C(/CCC(=O)ON1C(=O)CCC1=O)c1[nH]c(C)cc1C. The van der Waals surface area contributed by atoms with Gasteiger partial charge in [0, 0.05) is 42.7 Å². The summed E-state index contributed by atoms with van der Waals surface area (Å²) < 4.78 is 28.8. The summed E-state index contributed by atoms with van der Waals surface area (Å²) >= 11 is 0. The van der Waals surface area contributed by atoms with Crippen LogP contribution in [0.5, 0.6) is 0 Å². The van der Waals surface area contributed by atoms with E-state index in [9.17, 15) is 23.0 Å². The van der Waals surface area contributed by atoms with Crippen molar-refractivity contribution in [3.05, 3.63) is 40.4 Å². The third kappa shape index (κ3) is 4.12. The highest BCUT2D eigenvalue weighted by atomic mass is 19.2. The fraction of sp³-hybridized carbons (Fsp3) is 0.400. The van der Waals surface area contributed by atoms with Crippen molar-refractivity contribution >= 4 is 36.5 Å². The Balaban J connectivity index is 1.93. The van der Waals surface area contributed by atoms with Crippen LogP contribution in [0.2, 0.25) is 0 Å². The van der Waals surface area contributed by atoms with Crippen LogP contribution in [-0.4, -0.2) is 45.4 Å². The van der Waals surface area contributed by atoms with Crippen LogP contribution in [-0.2, 0) is 19.2 Å². The Kier molecular flexibility index (Phi) is 6.05. The lowest BCUT2D eigenvalue weighted by molar-refractivity contribution is -0.343. The van der Waals surface area contributed by atoms with Crippen molar-refractivity contribution in [2.24, 2.45) is 0 Å². The fourth-order valence-electron chi connectivity index (χ4n) is 3.99. The number of amides is 2. The lowest BCUT2D eigenvalue weighted by atomic mass is 9.97. The smallest absolute Gasteiger partial charge is 0.415 e. The molecule has 1 aromatic rings. The Hall–Kier alpha value is -3.04. The molecule has 30 heavy (non-hydrogen) atoms. The second-order valence-electron chi connectivity index (χ2n) is 7.62. The number of nitrogens with one attached hydrogen (secondary N) is 1. The lowest BCUT2D eigenvalue weighted by Gasteiger charge is -2.17. The van der Waals surface area contributed by atoms with E-state index in [0.29, 0.717) is 33.3 Å². The van der Waals surface area contributed by atoms with Crippen LogP contribution in [0.4, 0.5) is 8.63 Å². The van der Waals surface area contributed by atoms with Crippen molar-refractivity contribution in [2.75, 3.05) is 0 Å². The molecule has 0 saturated carbocycles. The zero-order valence-corrected chi connectivity index (χ0v) is 17.5. The van der Waals surface area contributed by atoms with Crippen LogP contribution >= 0.6 is 0 Å². The van der Waals surface area contributed by atoms with Crippen molar-refractivity contribution in [3.63, 3.8) is 0 Å². The molecule has 2 aliphatic heterocycles. The molecule has 0 atom stereocenters. The predicted octanol–water partition coefficient (Wildman–Crippen LogP) is 2.82. The Morgan fingerprint density at radius 3 is 2.33 bits per heavy atom. The number of carbonyl (C=O) groups excluding carboxylic acids is 3. The largest absolute Gasteiger partial charge is 0.602 e. The van der Waals surface area contributed by atoms with Crippen LogP contribution in [0, 0.1) is 13.8 Å². The summed E-state index contributed by atoms with van der Waals surface area (Å²) in [5.41, 5.74) is 4.49. The monoisotopic (exact) mass is 419 g/mol. The minimum atomic E-state index is -3.62. The van der Waals surface area contributed by atoms with Gasteiger partial charge in [0.15, 0.2) is 5.70 Å². The van der Waals surface area contributed by atoms with Gasteiger partial charge >= 0.3 is 13.4 Å². The zero-order valence-electron chi connectivity index (χ0n) is 17.5. The second-order valence-corrected chi connectivity index (χ2v) is 7.62. The number of H-pyrrole nitrogens is 1. The molecule has 0 bridgehead atoms. The topological polar surface area (TPSA) is 82.5 Å². The van der Waals surface area contributed by atoms with Gasteiger partial charge in [0.25, 0.3) is 11.8 Å². The molecule has 160 valence electrons. The minimum Gasteiger partial charge on any atom is -0.415 e. The summed E-state index contributed by atoms with van der Waals surface area (Å²) in [6.07, 6.45) is 1.64. The standard InChI is InChI=1S/C20H24BF2N3O4/c1-11-9-13(3)24-19(11)15(20-12(2)10-14(4)25(20)21(22)23)5-8-18(29)30-26-16(27)6-7-17(26)28/h9-10,21,24H,5-8H2,1-4H3/b20-15-. The van der Waals surface area contributed by atoms with E-state index in [4.69, 9.17) is 4.84 Å². The molecule has 2 aliphatic rings. The molecule has 1 fully saturated rings. The molecule has 0 aliphatic carbocycles. The van der Waals surface area contributed by atoms with E-state index < -0.39 is 25.2 Å². The first-order chi connectivity index (χ1) is 14.1. The quantitative estimate of drug-likeness (QED) is 0.568. The van der Waals surface area contributed by atoms with Crippen molar-refractivity contribution in [2.45, 2.75) is 53.4 Å². The maximum atomic E-state index is 13.9. The lowest BCUT2D eigenvalue weighted by Crippen LogP contribution is -2.32. The maximum Gasteiger partial charge on any atom is 0.602 e. The molecule has 3 rings (SSSR count). The van der Waals surface area contributed by atoms with Crippen molar-refractivity contribution in [1.82, 2.24) is 10.0 Å². The molecule has 3 heterocycles. The van der Waals surface area contributed by atoms with Crippen LogP contribution in [0.3, 0.4) is 0 Å². The first-order valence-corrected chi connectivity index (χ1v) is 9.81. The molecule has 0 spiro atoms. The predicted molar refractivity (Wildman–Crippen MR) is 108 cm³/mol. The zero-order chi connectivity index (χ0) is 22.2. The van der Waals surface area contributed by atoms with E-state index in [1.807, 2.05) is 19.9 Å². The minimum absolute atomic E-state index is 0.00753. The Bertz CT molecular complexity index is 1010. The number of imide groups is 1. The first-order valence-electron chi connectivity index (χ1n) is 9.81. The van der Waals surface area contributed by atoms with Gasteiger partial charge in [0.05, 0.1) is 12.1 Å². The van der Waals surface area contributed by atoms with E-state index in [1.54, 1.807) is 19.9 Å². The van der Waals surface area contributed by atoms with E-state index in [0.717, 1.165) is 15.7 Å². The maximum absolute atomic E-state index is 13.9. The average Bonchev–Trinajstić information content (AvgIpc) is 3.26. The molecule has 0 radical (unpaired) electrons. The number of rotatable bonds is 6. The van der Waals surface area contributed by atoms with Gasteiger partial charge in [-0.05, 0) is 38.8 Å². The molecule has 7 nitrogen and oxygen atoms in total. The highest BCUT2D eigenvalue weighted by Gasteiger charge is 2.34. The third-order valence-corrected chi connectivity index (χ3v) is 5.25. The van der Waals surface area contributed by atoms with Gasteiger partial charge in [-0.2, -0.15) is 0 Å². The third-order valence-electron chi connectivity index (χ3n) is 5.25. The number of allylic oxidation sites excluding steroid dienone is 3. The molecule has 1 N–H and O–H groups in total. The Morgan fingerprint density at radius 1 is 1.17 bits per heavy atom. The van der Waals surface area contributed by atoms with Gasteiger partial charge in [-0.15, -0.1) is 5.06 Å². The summed E-state index contributed by atoms with van der Waals surface area (Å²) in [6.45, 7) is 7.11. The summed E-state index contributed by atoms with van der Waals surface area (Å²) in [4.78, 5) is 43.7. The van der Waals surface area contributed by atoms with Crippen LogP contribution < -0.4 is 0 Å². The van der Waals surface area contributed by atoms with Gasteiger partial charge in [0.2, 0.25) is 0 Å². The highest BCUT2D eigenvalue weighted by Crippen LogP contribution is 2.34. The fourth-order valence-corrected chi connectivity index (χ4v) is 3.99. The summed E-state index contributed by atoms with van der Waals surface area (Å²) in [7, 11) is -3.62. The molecule has 2 amide bonds. The van der Waals surface area contributed by atoms with Gasteiger partial charge in [-0.25, -0.2) is 4.79 Å². The van der Waals surface area contributed by atoms with Crippen molar-refractivity contribution < 1.29 is 32.3 Å². The van der Waals surface area contributed by atoms with Gasteiger partial charge in [-0.1, -0.05) is 0 Å². The van der Waals surface area contributed by atoms with Crippen LogP contribution in [0.25, 0.3) is 5.57 Å².